The standard InChI is InChI=1S/C24H20ClFN2O3/c1-31-24(30)19-12-16(6-10-20(19)26)23(29)21-11-9-18(13-27-21)28-22(14-2-3-14)15-4-7-17(25)8-5-15/h4-14,22,28H,2-3H2,1H3. The number of hydrogen-bond acceptors (Lipinski definition) is 5. The molecule has 1 saturated carbocycles. The zero-order valence-corrected chi connectivity index (χ0v) is 17.5. The lowest BCUT2D eigenvalue weighted by molar-refractivity contribution is 0.0595. The quantitative estimate of drug-likeness (QED) is 0.392. The second-order valence-electron chi connectivity index (χ2n) is 7.46. The molecule has 5 nitrogen and oxygen atoms in total. The van der Waals surface area contributed by atoms with E-state index in [4.69, 9.17) is 11.6 Å². The van der Waals surface area contributed by atoms with Crippen LogP contribution in [0.3, 0.4) is 0 Å². The summed E-state index contributed by atoms with van der Waals surface area (Å²) in [4.78, 5) is 28.7. The first kappa shape index (κ1) is 21.0. The summed E-state index contributed by atoms with van der Waals surface area (Å²) in [5.74, 6) is -1.45. The second-order valence-corrected chi connectivity index (χ2v) is 7.89. The number of pyridine rings is 1. The number of ketones is 1. The molecule has 0 amide bonds. The molecule has 0 aliphatic heterocycles. The highest BCUT2D eigenvalue weighted by Crippen LogP contribution is 2.43. The number of carbonyl (C=O) groups is 2. The lowest BCUT2D eigenvalue weighted by atomic mass is 10.0. The first-order valence-electron chi connectivity index (χ1n) is 9.87. The number of ether oxygens (including phenoxy) is 1. The van der Waals surface area contributed by atoms with E-state index in [2.05, 4.69) is 15.0 Å². The Bertz CT molecular complexity index is 1110. The van der Waals surface area contributed by atoms with E-state index in [1.54, 1.807) is 18.3 Å². The van der Waals surface area contributed by atoms with Crippen LogP contribution in [0, 0.1) is 11.7 Å². The third kappa shape index (κ3) is 4.75. The maximum absolute atomic E-state index is 13.8. The summed E-state index contributed by atoms with van der Waals surface area (Å²) in [7, 11) is 1.16. The Hall–Kier alpha value is -3.25. The number of methoxy groups -OCH3 is 1. The van der Waals surface area contributed by atoms with Gasteiger partial charge in [0.2, 0.25) is 5.78 Å². The molecule has 0 radical (unpaired) electrons. The summed E-state index contributed by atoms with van der Waals surface area (Å²) in [5.41, 5.74) is 2.00. The van der Waals surface area contributed by atoms with Gasteiger partial charge in [0.1, 0.15) is 11.5 Å². The zero-order valence-electron chi connectivity index (χ0n) is 16.8. The molecule has 0 spiro atoms. The van der Waals surface area contributed by atoms with Crippen molar-refractivity contribution in [2.45, 2.75) is 18.9 Å². The normalized spacial score (nSPS) is 14.0. The van der Waals surface area contributed by atoms with Crippen molar-refractivity contribution in [2.24, 2.45) is 5.92 Å². The van der Waals surface area contributed by atoms with Crippen LogP contribution in [0.1, 0.15) is 50.9 Å². The summed E-state index contributed by atoms with van der Waals surface area (Å²) >= 11 is 6.00. The smallest absolute Gasteiger partial charge is 0.340 e. The molecule has 0 saturated heterocycles. The van der Waals surface area contributed by atoms with Gasteiger partial charge in [0, 0.05) is 10.6 Å². The van der Waals surface area contributed by atoms with E-state index in [1.807, 2.05) is 24.3 Å². The topological polar surface area (TPSA) is 68.3 Å². The predicted octanol–water partition coefficient (Wildman–Crippen LogP) is 5.45. The van der Waals surface area contributed by atoms with Gasteiger partial charge in [0.25, 0.3) is 0 Å². The number of benzene rings is 2. The molecule has 31 heavy (non-hydrogen) atoms. The van der Waals surface area contributed by atoms with Crippen molar-refractivity contribution in [2.75, 3.05) is 12.4 Å². The van der Waals surface area contributed by atoms with Gasteiger partial charge in [-0.15, -0.1) is 0 Å². The highest BCUT2D eigenvalue weighted by atomic mass is 35.5. The Balaban J connectivity index is 1.52. The van der Waals surface area contributed by atoms with Crippen molar-refractivity contribution in [3.8, 4) is 0 Å². The van der Waals surface area contributed by atoms with E-state index >= 15 is 0 Å². The Morgan fingerprint density at radius 2 is 1.87 bits per heavy atom. The summed E-state index contributed by atoms with van der Waals surface area (Å²) in [6.45, 7) is 0. The van der Waals surface area contributed by atoms with Crippen LogP contribution in [0.15, 0.2) is 60.8 Å². The van der Waals surface area contributed by atoms with E-state index < -0.39 is 17.6 Å². The van der Waals surface area contributed by atoms with Crippen LogP contribution in [0.25, 0.3) is 0 Å². The average molecular weight is 439 g/mol. The number of carbonyl (C=O) groups excluding carboxylic acids is 2. The minimum Gasteiger partial charge on any atom is -0.465 e. The number of nitrogens with zero attached hydrogens (tertiary/aromatic N) is 1. The first-order chi connectivity index (χ1) is 15.0. The summed E-state index contributed by atoms with van der Waals surface area (Å²) in [6, 6.07) is 14.9. The third-order valence-corrected chi connectivity index (χ3v) is 5.53. The van der Waals surface area contributed by atoms with Gasteiger partial charge >= 0.3 is 5.97 Å². The van der Waals surface area contributed by atoms with Crippen LogP contribution in [0.4, 0.5) is 10.1 Å². The molecule has 1 aliphatic carbocycles. The highest BCUT2D eigenvalue weighted by Gasteiger charge is 2.32. The van der Waals surface area contributed by atoms with Gasteiger partial charge in [0.15, 0.2) is 0 Å². The number of aromatic nitrogens is 1. The first-order valence-corrected chi connectivity index (χ1v) is 10.2. The molecule has 1 heterocycles. The predicted molar refractivity (Wildman–Crippen MR) is 116 cm³/mol. The van der Waals surface area contributed by atoms with Gasteiger partial charge in [-0.2, -0.15) is 0 Å². The molecule has 2 aromatic carbocycles. The van der Waals surface area contributed by atoms with Crippen molar-refractivity contribution in [1.82, 2.24) is 4.98 Å². The summed E-state index contributed by atoms with van der Waals surface area (Å²) in [6.07, 6.45) is 3.90. The molecule has 0 bridgehead atoms. The van der Waals surface area contributed by atoms with E-state index in [1.165, 1.54) is 12.1 Å². The average Bonchev–Trinajstić information content (AvgIpc) is 3.63. The molecule has 4 rings (SSSR count). The van der Waals surface area contributed by atoms with Crippen molar-refractivity contribution in [3.05, 3.63) is 94.0 Å². The van der Waals surface area contributed by atoms with Gasteiger partial charge in [0.05, 0.1) is 30.6 Å². The summed E-state index contributed by atoms with van der Waals surface area (Å²) < 4.78 is 18.4. The van der Waals surface area contributed by atoms with Crippen LogP contribution in [0.2, 0.25) is 5.02 Å². The fourth-order valence-electron chi connectivity index (χ4n) is 3.45. The van der Waals surface area contributed by atoms with E-state index in [-0.39, 0.29) is 22.9 Å². The maximum atomic E-state index is 13.8. The van der Waals surface area contributed by atoms with Gasteiger partial charge < -0.3 is 10.1 Å². The molecule has 3 aromatic rings. The molecule has 158 valence electrons. The Kier molecular flexibility index (Phi) is 6.00. The van der Waals surface area contributed by atoms with Crippen LogP contribution in [-0.4, -0.2) is 23.8 Å². The monoisotopic (exact) mass is 438 g/mol. The van der Waals surface area contributed by atoms with Crippen LogP contribution >= 0.6 is 11.6 Å². The second kappa shape index (κ2) is 8.86. The highest BCUT2D eigenvalue weighted by molar-refractivity contribution is 6.30. The molecule has 1 fully saturated rings. The molecule has 1 N–H and O–H groups in total. The Labute approximate surface area is 184 Å². The van der Waals surface area contributed by atoms with Crippen LogP contribution in [-0.2, 0) is 4.74 Å². The van der Waals surface area contributed by atoms with E-state index in [0.717, 1.165) is 37.3 Å². The third-order valence-electron chi connectivity index (χ3n) is 5.27. The molecule has 1 aliphatic rings. The SMILES string of the molecule is COC(=O)c1cc(C(=O)c2ccc(NC(c3ccc(Cl)cc3)C3CC3)cn2)ccc1F. The number of rotatable bonds is 7. The van der Waals surface area contributed by atoms with Crippen LogP contribution in [0.5, 0.6) is 0 Å². The van der Waals surface area contributed by atoms with Gasteiger partial charge in [-0.1, -0.05) is 23.7 Å². The van der Waals surface area contributed by atoms with Gasteiger partial charge in [-0.05, 0) is 66.8 Å². The van der Waals surface area contributed by atoms with Crippen molar-refractivity contribution >= 4 is 29.0 Å². The lowest BCUT2D eigenvalue weighted by Crippen LogP contribution is -2.13. The Morgan fingerprint density at radius 3 is 2.48 bits per heavy atom. The number of halogens is 2. The molecular weight excluding hydrogens is 419 g/mol. The van der Waals surface area contributed by atoms with E-state index in [0.29, 0.717) is 10.9 Å². The Morgan fingerprint density at radius 1 is 1.13 bits per heavy atom. The largest absolute Gasteiger partial charge is 0.465 e. The number of anilines is 1. The molecular formula is C24H20ClFN2O3. The fraction of sp³-hybridized carbons (Fsp3) is 0.208. The number of nitrogens with one attached hydrogen (secondary N) is 1. The van der Waals surface area contributed by atoms with Gasteiger partial charge in [-0.3, -0.25) is 9.78 Å². The van der Waals surface area contributed by atoms with Crippen molar-refractivity contribution in [1.29, 1.82) is 0 Å². The summed E-state index contributed by atoms with van der Waals surface area (Å²) in [5, 5.41) is 4.19. The van der Waals surface area contributed by atoms with Crippen LogP contribution < -0.4 is 5.32 Å². The minimum absolute atomic E-state index is 0.139. The van der Waals surface area contributed by atoms with Gasteiger partial charge in [-0.25, -0.2) is 9.18 Å². The van der Waals surface area contributed by atoms with Crippen molar-refractivity contribution < 1.29 is 18.7 Å². The molecule has 1 aromatic heterocycles. The fourth-order valence-corrected chi connectivity index (χ4v) is 3.57. The lowest BCUT2D eigenvalue weighted by Gasteiger charge is -2.20. The molecule has 1 unspecified atom stereocenters. The van der Waals surface area contributed by atoms with Crippen molar-refractivity contribution in [3.63, 3.8) is 0 Å². The number of esters is 1. The molecule has 7 heteroatoms. The maximum Gasteiger partial charge on any atom is 0.340 e. The van der Waals surface area contributed by atoms with E-state index in [9.17, 15) is 14.0 Å². The number of hydrogen-bond donors (Lipinski definition) is 1. The molecule has 1 atom stereocenters. The minimum atomic E-state index is -0.840. The zero-order chi connectivity index (χ0) is 22.0.